The van der Waals surface area contributed by atoms with E-state index < -0.39 is 5.91 Å². The third-order valence-corrected chi connectivity index (χ3v) is 6.23. The lowest BCUT2D eigenvalue weighted by Gasteiger charge is -2.35. The lowest BCUT2D eigenvalue weighted by atomic mass is 10.1. The van der Waals surface area contributed by atoms with Crippen LogP contribution >= 0.6 is 0 Å². The minimum atomic E-state index is -0.525. The van der Waals surface area contributed by atoms with Gasteiger partial charge in [0.25, 0.3) is 5.91 Å². The number of nitrogens with one attached hydrogen (secondary N) is 2. The van der Waals surface area contributed by atoms with Gasteiger partial charge in [0, 0.05) is 55.6 Å². The molecule has 8 nitrogen and oxygen atoms in total. The maximum absolute atomic E-state index is 15.3. The fraction of sp³-hybridized carbons (Fsp3) is 0.444. The number of imide groups is 1. The molecular formula is C27H36BFN4O4. The zero-order chi connectivity index (χ0) is 26.9. The number of carbonyl (C=O) groups is 3. The van der Waals surface area contributed by atoms with Gasteiger partial charge in [-0.2, -0.15) is 0 Å². The lowest BCUT2D eigenvalue weighted by Crippen LogP contribution is -2.44. The number of hydrogen-bond acceptors (Lipinski definition) is 6. The highest BCUT2D eigenvalue weighted by molar-refractivity contribution is 6.21. The van der Waals surface area contributed by atoms with Gasteiger partial charge in [-0.25, -0.2) is 4.39 Å². The summed E-state index contributed by atoms with van der Waals surface area (Å²) in [5.74, 6) is -1.46. The summed E-state index contributed by atoms with van der Waals surface area (Å²) in [4.78, 5) is 40.1. The van der Waals surface area contributed by atoms with Crippen molar-refractivity contribution in [1.82, 2.24) is 20.4 Å². The SMILES string of the molecule is BCC(=O)NC(=O)CN1CC(=C\NCc2cccc(CN3CC(C)OC(C)C3)c2F)/C(=C\C=C/C)C1=O. The predicted octanol–water partition coefficient (Wildman–Crippen LogP) is 1.45. The largest absolute Gasteiger partial charge is 0.386 e. The van der Waals surface area contributed by atoms with Crippen LogP contribution in [0.4, 0.5) is 4.39 Å². The maximum Gasteiger partial charge on any atom is 0.255 e. The number of morpholine rings is 1. The van der Waals surface area contributed by atoms with Gasteiger partial charge in [0.15, 0.2) is 0 Å². The molecule has 0 aliphatic carbocycles. The highest BCUT2D eigenvalue weighted by Gasteiger charge is 2.31. The zero-order valence-corrected chi connectivity index (χ0v) is 22.1. The van der Waals surface area contributed by atoms with Crippen LogP contribution in [0.25, 0.3) is 0 Å². The van der Waals surface area contributed by atoms with Gasteiger partial charge in [-0.15, -0.1) is 0 Å². The highest BCUT2D eigenvalue weighted by Crippen LogP contribution is 2.23. The third-order valence-electron chi connectivity index (χ3n) is 6.23. The van der Waals surface area contributed by atoms with Gasteiger partial charge in [-0.05, 0) is 38.7 Å². The Morgan fingerprint density at radius 2 is 1.89 bits per heavy atom. The number of halogens is 1. The molecule has 2 unspecified atom stereocenters. The summed E-state index contributed by atoms with van der Waals surface area (Å²) in [6, 6.07) is 5.40. The van der Waals surface area contributed by atoms with Crippen LogP contribution in [0.5, 0.6) is 0 Å². The fourth-order valence-electron chi connectivity index (χ4n) is 4.58. The van der Waals surface area contributed by atoms with Crippen LogP contribution in [0.15, 0.2) is 53.8 Å². The number of hydrogen-bond donors (Lipinski definition) is 2. The van der Waals surface area contributed by atoms with Gasteiger partial charge >= 0.3 is 0 Å². The summed E-state index contributed by atoms with van der Waals surface area (Å²) in [5.41, 5.74) is 2.30. The minimum Gasteiger partial charge on any atom is -0.386 e. The quantitative estimate of drug-likeness (QED) is 0.386. The smallest absolute Gasteiger partial charge is 0.255 e. The first-order valence-corrected chi connectivity index (χ1v) is 12.7. The van der Waals surface area contributed by atoms with Crippen molar-refractivity contribution in [2.24, 2.45) is 0 Å². The van der Waals surface area contributed by atoms with E-state index in [1.807, 2.05) is 32.9 Å². The summed E-state index contributed by atoms with van der Waals surface area (Å²) < 4.78 is 21.1. The predicted molar refractivity (Wildman–Crippen MR) is 143 cm³/mol. The van der Waals surface area contributed by atoms with Crippen molar-refractivity contribution >= 4 is 25.6 Å². The number of benzene rings is 1. The minimum absolute atomic E-state index is 0.111. The molecule has 1 aromatic carbocycles. The Hall–Kier alpha value is -3.24. The van der Waals surface area contributed by atoms with Crippen LogP contribution in [0.1, 0.15) is 31.9 Å². The second-order valence-corrected chi connectivity index (χ2v) is 9.48. The molecule has 3 amide bonds. The molecule has 37 heavy (non-hydrogen) atoms. The van der Waals surface area contributed by atoms with E-state index >= 15 is 4.39 Å². The molecule has 2 fully saturated rings. The molecule has 0 aromatic heterocycles. The summed E-state index contributed by atoms with van der Waals surface area (Å²) >= 11 is 0. The van der Waals surface area contributed by atoms with E-state index in [0.717, 1.165) is 13.1 Å². The number of allylic oxidation sites excluding steroid dienone is 3. The van der Waals surface area contributed by atoms with Crippen molar-refractivity contribution in [2.45, 2.75) is 52.4 Å². The first-order valence-electron chi connectivity index (χ1n) is 12.7. The summed E-state index contributed by atoms with van der Waals surface area (Å²) in [7, 11) is 1.65. The monoisotopic (exact) mass is 510 g/mol. The van der Waals surface area contributed by atoms with Gasteiger partial charge in [-0.1, -0.05) is 30.4 Å². The van der Waals surface area contributed by atoms with E-state index in [-0.39, 0.29) is 55.8 Å². The molecule has 0 spiro atoms. The van der Waals surface area contributed by atoms with Crippen LogP contribution in [-0.2, 0) is 32.2 Å². The number of ether oxygens (including phenoxy) is 1. The van der Waals surface area contributed by atoms with E-state index in [1.54, 1.807) is 38.3 Å². The van der Waals surface area contributed by atoms with Crippen LogP contribution in [0, 0.1) is 5.82 Å². The van der Waals surface area contributed by atoms with Crippen molar-refractivity contribution in [3.8, 4) is 0 Å². The zero-order valence-electron chi connectivity index (χ0n) is 22.1. The molecular weight excluding hydrogens is 474 g/mol. The van der Waals surface area contributed by atoms with Crippen molar-refractivity contribution in [2.75, 3.05) is 26.2 Å². The van der Waals surface area contributed by atoms with Gasteiger partial charge in [0.2, 0.25) is 11.8 Å². The third kappa shape index (κ3) is 7.87. The molecule has 2 aliphatic rings. The number of amides is 3. The molecule has 0 saturated carbocycles. The molecule has 2 atom stereocenters. The van der Waals surface area contributed by atoms with E-state index in [0.29, 0.717) is 28.8 Å². The van der Waals surface area contributed by atoms with Gasteiger partial charge in [-0.3, -0.25) is 24.6 Å². The summed E-state index contributed by atoms with van der Waals surface area (Å²) in [6.07, 6.45) is 7.35. The van der Waals surface area contributed by atoms with E-state index in [2.05, 4.69) is 15.5 Å². The average Bonchev–Trinajstić information content (AvgIpc) is 3.13. The Morgan fingerprint density at radius 1 is 1.19 bits per heavy atom. The van der Waals surface area contributed by atoms with Gasteiger partial charge in [0.05, 0.1) is 12.2 Å². The Kier molecular flexibility index (Phi) is 10.2. The van der Waals surface area contributed by atoms with Crippen molar-refractivity contribution in [1.29, 1.82) is 0 Å². The molecule has 2 saturated heterocycles. The topological polar surface area (TPSA) is 91.0 Å². The number of carbonyl (C=O) groups excluding carboxylic acids is 3. The molecule has 10 heteroatoms. The fourth-order valence-corrected chi connectivity index (χ4v) is 4.58. The maximum atomic E-state index is 15.3. The van der Waals surface area contributed by atoms with Crippen molar-refractivity contribution in [3.63, 3.8) is 0 Å². The lowest BCUT2D eigenvalue weighted by molar-refractivity contribution is -0.134. The Morgan fingerprint density at radius 3 is 2.57 bits per heavy atom. The van der Waals surface area contributed by atoms with Gasteiger partial charge in [0.1, 0.15) is 20.2 Å². The van der Waals surface area contributed by atoms with Crippen LogP contribution in [0.3, 0.4) is 0 Å². The van der Waals surface area contributed by atoms with Crippen molar-refractivity contribution in [3.05, 3.63) is 70.7 Å². The van der Waals surface area contributed by atoms with E-state index in [9.17, 15) is 14.4 Å². The molecule has 3 rings (SSSR count). The van der Waals surface area contributed by atoms with Gasteiger partial charge < -0.3 is 15.0 Å². The normalized spacial score (nSPS) is 22.8. The Labute approximate surface area is 219 Å². The molecule has 0 bridgehead atoms. The Balaban J connectivity index is 1.68. The molecule has 198 valence electrons. The Bertz CT molecular complexity index is 1090. The van der Waals surface area contributed by atoms with E-state index in [4.69, 9.17) is 4.74 Å². The van der Waals surface area contributed by atoms with Crippen molar-refractivity contribution < 1.29 is 23.5 Å². The molecule has 1 aromatic rings. The van der Waals surface area contributed by atoms with Crippen LogP contribution in [-0.4, -0.2) is 73.8 Å². The van der Waals surface area contributed by atoms with Crippen LogP contribution < -0.4 is 10.6 Å². The summed E-state index contributed by atoms with van der Waals surface area (Å²) in [5, 5.41) is 5.41. The molecule has 2 heterocycles. The van der Waals surface area contributed by atoms with Crippen LogP contribution in [0.2, 0.25) is 6.32 Å². The number of rotatable bonds is 9. The molecule has 2 aliphatic heterocycles. The summed E-state index contributed by atoms with van der Waals surface area (Å²) in [6.45, 7) is 8.16. The highest BCUT2D eigenvalue weighted by atomic mass is 19.1. The first kappa shape index (κ1) is 28.3. The van der Waals surface area contributed by atoms with E-state index in [1.165, 1.54) is 4.90 Å². The number of likely N-dealkylation sites (tertiary alicyclic amines) is 1. The second-order valence-electron chi connectivity index (χ2n) is 9.48. The second kappa shape index (κ2) is 13.3. The number of nitrogens with zero attached hydrogens (tertiary/aromatic N) is 2. The average molecular weight is 510 g/mol. The standard InChI is InChI=1S/C27H36BFN4O4/c1-4-5-9-23-22(16-33(27(23)36)17-25(35)31-24(34)10-28)12-30-11-20-7-6-8-21(26(20)29)15-32-13-18(2)37-19(3)14-32/h4-9,12,18-19,30H,10-11,13-17,28H2,1-3H3,(H,31,34,35)/b5-4-,22-12+,23-9+. The molecule has 2 N–H and O–H groups in total. The first-order chi connectivity index (χ1) is 17.7. The molecule has 0 radical (unpaired) electrons.